The van der Waals surface area contributed by atoms with Gasteiger partial charge in [-0.3, -0.25) is 4.79 Å². The third-order valence-corrected chi connectivity index (χ3v) is 3.13. The minimum Gasteiger partial charge on any atom is -0.480 e. The Bertz CT molecular complexity index is 746. The van der Waals surface area contributed by atoms with E-state index in [1.807, 2.05) is 49.4 Å². The van der Waals surface area contributed by atoms with E-state index in [0.29, 0.717) is 5.75 Å². The Hall–Kier alpha value is -3.26. The Balaban J connectivity index is 1.84. The highest BCUT2D eigenvalue weighted by molar-refractivity contribution is 5.86. The van der Waals surface area contributed by atoms with Gasteiger partial charge in [-0.15, -0.1) is 6.42 Å². The molecule has 0 bridgehead atoms. The lowest BCUT2D eigenvalue weighted by Crippen LogP contribution is -2.25. The van der Waals surface area contributed by atoms with Gasteiger partial charge in [0.1, 0.15) is 12.4 Å². The van der Waals surface area contributed by atoms with Crippen molar-refractivity contribution in [2.45, 2.75) is 6.92 Å². The third kappa shape index (κ3) is 5.50. The summed E-state index contributed by atoms with van der Waals surface area (Å²) in [6, 6.07) is 15.1. The van der Waals surface area contributed by atoms with Gasteiger partial charge < -0.3 is 10.1 Å². The first kappa shape index (κ1) is 17.1. The Morgan fingerprint density at radius 3 is 2.75 bits per heavy atom. The maximum Gasteiger partial charge on any atom is 0.259 e. The molecule has 2 aromatic rings. The number of carbonyl (C=O) groups is 1. The van der Waals surface area contributed by atoms with Crippen molar-refractivity contribution in [1.29, 1.82) is 0 Å². The molecule has 5 heteroatoms. The van der Waals surface area contributed by atoms with E-state index in [1.54, 1.807) is 6.07 Å². The molecule has 0 aliphatic heterocycles. The van der Waals surface area contributed by atoms with Crippen LogP contribution in [0.5, 0.6) is 5.75 Å². The summed E-state index contributed by atoms with van der Waals surface area (Å²) in [4.78, 5) is 11.8. The molecule has 24 heavy (non-hydrogen) atoms. The molecule has 0 saturated carbocycles. The minimum absolute atomic E-state index is 0.135. The minimum atomic E-state index is -0.242. The van der Waals surface area contributed by atoms with Crippen molar-refractivity contribution in [2.75, 3.05) is 18.5 Å². The number of anilines is 1. The number of ether oxygens (including phenoxy) is 1. The normalized spacial score (nSPS) is 10.2. The van der Waals surface area contributed by atoms with Crippen LogP contribution in [0.4, 0.5) is 5.69 Å². The molecule has 0 radical (unpaired) electrons. The Morgan fingerprint density at radius 2 is 2.00 bits per heavy atom. The zero-order valence-corrected chi connectivity index (χ0v) is 13.5. The monoisotopic (exact) mass is 321 g/mol. The van der Waals surface area contributed by atoms with E-state index in [0.717, 1.165) is 11.3 Å². The second-order valence-electron chi connectivity index (χ2n) is 5.04. The molecule has 2 N–H and O–H groups in total. The molecule has 0 saturated heterocycles. The Kier molecular flexibility index (Phi) is 6.42. The van der Waals surface area contributed by atoms with E-state index < -0.39 is 0 Å². The van der Waals surface area contributed by atoms with Crippen LogP contribution in [0.3, 0.4) is 0 Å². The molecule has 5 nitrogen and oxygen atoms in total. The van der Waals surface area contributed by atoms with Crippen LogP contribution in [0.1, 0.15) is 11.1 Å². The average Bonchev–Trinajstić information content (AvgIpc) is 2.60. The van der Waals surface area contributed by atoms with Gasteiger partial charge in [-0.1, -0.05) is 35.7 Å². The standard InChI is InChI=1S/C19H19N3O2/c1-3-12-24-18-7-5-4-6-16(18)13-21-22-19(23)14-20-17-10-8-15(2)9-11-17/h1,4-11,13,20H,12,14H2,2H3,(H,22,23)/b21-13-. The van der Waals surface area contributed by atoms with Crippen LogP contribution in [0, 0.1) is 19.3 Å². The predicted molar refractivity (Wildman–Crippen MR) is 96.2 cm³/mol. The average molecular weight is 321 g/mol. The van der Waals surface area contributed by atoms with Gasteiger partial charge in [-0.05, 0) is 31.2 Å². The molecule has 0 aliphatic rings. The predicted octanol–water partition coefficient (Wildman–Crippen LogP) is 2.57. The van der Waals surface area contributed by atoms with Gasteiger partial charge in [0.25, 0.3) is 5.91 Å². The number of hydrazone groups is 1. The number of para-hydroxylation sites is 1. The number of hydrogen-bond donors (Lipinski definition) is 2. The molecule has 0 aromatic heterocycles. The molecule has 0 heterocycles. The molecule has 0 fully saturated rings. The van der Waals surface area contributed by atoms with Crippen LogP contribution in [0.2, 0.25) is 0 Å². The van der Waals surface area contributed by atoms with Crippen molar-refractivity contribution in [3.63, 3.8) is 0 Å². The second kappa shape index (κ2) is 9.01. The second-order valence-corrected chi connectivity index (χ2v) is 5.04. The molecule has 0 unspecified atom stereocenters. The van der Waals surface area contributed by atoms with E-state index in [1.165, 1.54) is 11.8 Å². The summed E-state index contributed by atoms with van der Waals surface area (Å²) < 4.78 is 5.41. The van der Waals surface area contributed by atoms with Gasteiger partial charge in [0.05, 0.1) is 12.8 Å². The van der Waals surface area contributed by atoms with Crippen LogP contribution >= 0.6 is 0 Å². The van der Waals surface area contributed by atoms with E-state index >= 15 is 0 Å². The third-order valence-electron chi connectivity index (χ3n) is 3.13. The van der Waals surface area contributed by atoms with Crippen LogP contribution in [-0.4, -0.2) is 25.3 Å². The lowest BCUT2D eigenvalue weighted by Gasteiger charge is -2.06. The molecule has 0 atom stereocenters. The quantitative estimate of drug-likeness (QED) is 0.468. The molecule has 0 spiro atoms. The number of nitrogens with one attached hydrogen (secondary N) is 2. The summed E-state index contributed by atoms with van der Waals surface area (Å²) in [5, 5.41) is 6.97. The summed E-state index contributed by atoms with van der Waals surface area (Å²) in [5.41, 5.74) is 5.25. The summed E-state index contributed by atoms with van der Waals surface area (Å²) in [7, 11) is 0. The molecule has 0 aliphatic carbocycles. The zero-order valence-electron chi connectivity index (χ0n) is 13.5. The number of carbonyl (C=O) groups excluding carboxylic acids is 1. The van der Waals surface area contributed by atoms with Crippen LogP contribution < -0.4 is 15.5 Å². The van der Waals surface area contributed by atoms with Crippen molar-refractivity contribution in [2.24, 2.45) is 5.10 Å². The summed E-state index contributed by atoms with van der Waals surface area (Å²) >= 11 is 0. The summed E-state index contributed by atoms with van der Waals surface area (Å²) in [5.74, 6) is 2.78. The maximum absolute atomic E-state index is 11.8. The summed E-state index contributed by atoms with van der Waals surface area (Å²) in [6.45, 7) is 2.32. The highest BCUT2D eigenvalue weighted by atomic mass is 16.5. The first-order valence-corrected chi connectivity index (χ1v) is 7.47. The smallest absolute Gasteiger partial charge is 0.259 e. The number of amides is 1. The van der Waals surface area contributed by atoms with Gasteiger partial charge in [0.15, 0.2) is 0 Å². The number of nitrogens with zero attached hydrogens (tertiary/aromatic N) is 1. The molecule has 1 amide bonds. The number of rotatable bonds is 7. The molecular formula is C19H19N3O2. The van der Waals surface area contributed by atoms with Gasteiger partial charge >= 0.3 is 0 Å². The van der Waals surface area contributed by atoms with Crippen molar-refractivity contribution in [1.82, 2.24) is 5.43 Å². The molecule has 122 valence electrons. The fraction of sp³-hybridized carbons (Fsp3) is 0.158. The Labute approximate surface area is 141 Å². The topological polar surface area (TPSA) is 62.7 Å². The zero-order chi connectivity index (χ0) is 17.2. The number of terminal acetylenes is 1. The van der Waals surface area contributed by atoms with Crippen LogP contribution in [0.15, 0.2) is 53.6 Å². The van der Waals surface area contributed by atoms with E-state index in [2.05, 4.69) is 21.8 Å². The molecule has 2 rings (SSSR count). The first-order chi connectivity index (χ1) is 11.7. The Morgan fingerprint density at radius 1 is 1.25 bits per heavy atom. The SMILES string of the molecule is C#CCOc1ccccc1/C=N\NC(=O)CNc1ccc(C)cc1. The number of hydrogen-bond acceptors (Lipinski definition) is 4. The molecular weight excluding hydrogens is 302 g/mol. The van der Waals surface area contributed by atoms with E-state index in [4.69, 9.17) is 11.2 Å². The van der Waals surface area contributed by atoms with Gasteiger partial charge in [-0.2, -0.15) is 5.10 Å². The fourth-order valence-electron chi connectivity index (χ4n) is 1.91. The van der Waals surface area contributed by atoms with E-state index in [-0.39, 0.29) is 19.1 Å². The van der Waals surface area contributed by atoms with Gasteiger partial charge in [0.2, 0.25) is 0 Å². The van der Waals surface area contributed by atoms with Crippen molar-refractivity contribution >= 4 is 17.8 Å². The van der Waals surface area contributed by atoms with Crippen LogP contribution in [-0.2, 0) is 4.79 Å². The first-order valence-electron chi connectivity index (χ1n) is 7.47. The number of aryl methyl sites for hydroxylation is 1. The van der Waals surface area contributed by atoms with Gasteiger partial charge in [-0.25, -0.2) is 5.43 Å². The van der Waals surface area contributed by atoms with Crippen molar-refractivity contribution in [3.05, 3.63) is 59.7 Å². The fourth-order valence-corrected chi connectivity index (χ4v) is 1.91. The van der Waals surface area contributed by atoms with Crippen molar-refractivity contribution < 1.29 is 9.53 Å². The molecule has 2 aromatic carbocycles. The maximum atomic E-state index is 11.8. The number of benzene rings is 2. The highest BCUT2D eigenvalue weighted by Crippen LogP contribution is 2.15. The van der Waals surface area contributed by atoms with Crippen molar-refractivity contribution in [3.8, 4) is 18.1 Å². The van der Waals surface area contributed by atoms with E-state index in [9.17, 15) is 4.79 Å². The summed E-state index contributed by atoms with van der Waals surface area (Å²) in [6.07, 6.45) is 6.71. The van der Waals surface area contributed by atoms with Crippen LogP contribution in [0.25, 0.3) is 0 Å². The van der Waals surface area contributed by atoms with Gasteiger partial charge in [0, 0.05) is 11.3 Å². The lowest BCUT2D eigenvalue weighted by molar-refractivity contribution is -0.119. The highest BCUT2D eigenvalue weighted by Gasteiger charge is 2.01. The largest absolute Gasteiger partial charge is 0.480 e. The lowest BCUT2D eigenvalue weighted by atomic mass is 10.2.